The molecule has 1 atom stereocenters. The highest BCUT2D eigenvalue weighted by Gasteiger charge is 2.12. The Morgan fingerprint density at radius 1 is 1.33 bits per heavy atom. The number of hydrogen-bond acceptors (Lipinski definition) is 4. The molecule has 112 valence electrons. The van der Waals surface area contributed by atoms with Crippen molar-refractivity contribution in [2.45, 2.75) is 17.9 Å². The second kappa shape index (κ2) is 8.27. The molecule has 3 nitrogen and oxygen atoms in total. The van der Waals surface area contributed by atoms with Crippen LogP contribution in [0.4, 0.5) is 0 Å². The maximum atomic E-state index is 6.19. The lowest BCUT2D eigenvalue weighted by molar-refractivity contribution is 0.338. The molecular weight excluding hydrogens is 304 g/mol. The van der Waals surface area contributed by atoms with Crippen LogP contribution in [0.3, 0.4) is 0 Å². The fraction of sp³-hybridized carbons (Fsp3) is 0.312. The standard InChI is InChI=1S/C16H19ClN2OS/c1-3-20-13-8-12(9-19-10-13)15(18-2)11-21-16-7-5-4-6-14(16)17/h4-10,15,18H,3,11H2,1-2H3. The van der Waals surface area contributed by atoms with E-state index >= 15 is 0 Å². The molecule has 1 aromatic carbocycles. The van der Waals surface area contributed by atoms with Crippen molar-refractivity contribution >= 4 is 23.4 Å². The molecule has 0 fully saturated rings. The third kappa shape index (κ3) is 4.63. The number of rotatable bonds is 7. The zero-order valence-electron chi connectivity index (χ0n) is 12.2. The van der Waals surface area contributed by atoms with Gasteiger partial charge >= 0.3 is 0 Å². The molecule has 1 heterocycles. The van der Waals surface area contributed by atoms with Crippen molar-refractivity contribution in [1.82, 2.24) is 10.3 Å². The van der Waals surface area contributed by atoms with E-state index in [4.69, 9.17) is 16.3 Å². The number of pyridine rings is 1. The van der Waals surface area contributed by atoms with Crippen LogP contribution in [0, 0.1) is 0 Å². The number of ether oxygens (including phenoxy) is 1. The summed E-state index contributed by atoms with van der Waals surface area (Å²) < 4.78 is 5.50. The summed E-state index contributed by atoms with van der Waals surface area (Å²) >= 11 is 7.92. The topological polar surface area (TPSA) is 34.1 Å². The van der Waals surface area contributed by atoms with E-state index in [9.17, 15) is 0 Å². The monoisotopic (exact) mass is 322 g/mol. The van der Waals surface area contributed by atoms with E-state index in [1.807, 2.05) is 50.5 Å². The van der Waals surface area contributed by atoms with Crippen LogP contribution in [-0.4, -0.2) is 24.4 Å². The van der Waals surface area contributed by atoms with E-state index in [0.29, 0.717) is 6.61 Å². The first-order chi connectivity index (χ1) is 10.2. The second-order valence-electron chi connectivity index (χ2n) is 4.47. The molecular formula is C16H19ClN2OS. The van der Waals surface area contributed by atoms with Crippen molar-refractivity contribution in [3.05, 3.63) is 53.3 Å². The van der Waals surface area contributed by atoms with Gasteiger partial charge in [0.05, 0.1) is 17.8 Å². The average molecular weight is 323 g/mol. The summed E-state index contributed by atoms with van der Waals surface area (Å²) in [5.74, 6) is 1.68. The van der Waals surface area contributed by atoms with Gasteiger partial charge in [-0.2, -0.15) is 0 Å². The molecule has 1 N–H and O–H groups in total. The summed E-state index contributed by atoms with van der Waals surface area (Å²) in [5.41, 5.74) is 1.11. The van der Waals surface area contributed by atoms with Gasteiger partial charge in [-0.05, 0) is 37.7 Å². The molecule has 0 bridgehead atoms. The summed E-state index contributed by atoms with van der Waals surface area (Å²) in [6, 6.07) is 10.1. The van der Waals surface area contributed by atoms with Gasteiger partial charge in [-0.3, -0.25) is 4.98 Å². The lowest BCUT2D eigenvalue weighted by atomic mass is 10.1. The molecule has 1 aromatic heterocycles. The third-order valence-electron chi connectivity index (χ3n) is 3.04. The minimum absolute atomic E-state index is 0.194. The number of hydrogen-bond donors (Lipinski definition) is 1. The maximum Gasteiger partial charge on any atom is 0.137 e. The first-order valence-corrected chi connectivity index (χ1v) is 8.23. The van der Waals surface area contributed by atoms with Crippen molar-refractivity contribution in [3.63, 3.8) is 0 Å². The SMILES string of the molecule is CCOc1cncc(C(CSc2ccccc2Cl)NC)c1. The Kier molecular flexibility index (Phi) is 6.36. The van der Waals surface area contributed by atoms with Crippen LogP contribution in [0.5, 0.6) is 5.75 Å². The Labute approximate surface area is 135 Å². The summed E-state index contributed by atoms with van der Waals surface area (Å²) in [6.07, 6.45) is 3.61. The van der Waals surface area contributed by atoms with Crippen molar-refractivity contribution in [2.24, 2.45) is 0 Å². The van der Waals surface area contributed by atoms with Gasteiger partial charge in [0.2, 0.25) is 0 Å². The van der Waals surface area contributed by atoms with Gasteiger partial charge in [0.15, 0.2) is 0 Å². The number of nitrogens with one attached hydrogen (secondary N) is 1. The van der Waals surface area contributed by atoms with Crippen LogP contribution in [0.2, 0.25) is 5.02 Å². The maximum absolute atomic E-state index is 6.19. The third-order valence-corrected chi connectivity index (χ3v) is 4.65. The number of halogens is 1. The van der Waals surface area contributed by atoms with Crippen molar-refractivity contribution in [2.75, 3.05) is 19.4 Å². The fourth-order valence-corrected chi connectivity index (χ4v) is 3.34. The molecule has 0 aliphatic carbocycles. The molecule has 0 spiro atoms. The van der Waals surface area contributed by atoms with Crippen LogP contribution in [0.1, 0.15) is 18.5 Å². The summed E-state index contributed by atoms with van der Waals surface area (Å²) in [5, 5.41) is 4.11. The van der Waals surface area contributed by atoms with Gasteiger partial charge in [-0.25, -0.2) is 0 Å². The zero-order chi connectivity index (χ0) is 15.1. The van der Waals surface area contributed by atoms with Crippen LogP contribution < -0.4 is 10.1 Å². The zero-order valence-corrected chi connectivity index (χ0v) is 13.7. The highest BCUT2D eigenvalue weighted by atomic mass is 35.5. The predicted molar refractivity (Wildman–Crippen MR) is 89.4 cm³/mol. The molecule has 0 radical (unpaired) electrons. The van der Waals surface area contributed by atoms with E-state index < -0.39 is 0 Å². The van der Waals surface area contributed by atoms with Crippen LogP contribution in [0.25, 0.3) is 0 Å². The summed E-state index contributed by atoms with van der Waals surface area (Å²) in [4.78, 5) is 5.34. The Bertz CT molecular complexity index is 580. The number of aromatic nitrogens is 1. The van der Waals surface area contributed by atoms with Crippen molar-refractivity contribution in [1.29, 1.82) is 0 Å². The van der Waals surface area contributed by atoms with Gasteiger partial charge in [0, 0.05) is 22.9 Å². The van der Waals surface area contributed by atoms with Gasteiger partial charge in [0.1, 0.15) is 5.75 Å². The molecule has 0 aliphatic heterocycles. The second-order valence-corrected chi connectivity index (χ2v) is 5.94. The molecule has 2 rings (SSSR count). The number of nitrogens with zero attached hydrogens (tertiary/aromatic N) is 1. The Balaban J connectivity index is 2.06. The Morgan fingerprint density at radius 2 is 2.14 bits per heavy atom. The average Bonchev–Trinajstić information content (AvgIpc) is 2.50. The Morgan fingerprint density at radius 3 is 2.86 bits per heavy atom. The van der Waals surface area contributed by atoms with E-state index in [-0.39, 0.29) is 6.04 Å². The minimum Gasteiger partial charge on any atom is -0.492 e. The van der Waals surface area contributed by atoms with Gasteiger partial charge in [0.25, 0.3) is 0 Å². The van der Waals surface area contributed by atoms with Crippen LogP contribution in [0.15, 0.2) is 47.6 Å². The van der Waals surface area contributed by atoms with Crippen molar-refractivity contribution in [3.8, 4) is 5.75 Å². The molecule has 1 unspecified atom stereocenters. The molecule has 0 amide bonds. The predicted octanol–water partition coefficient (Wildman–Crippen LogP) is 4.19. The molecule has 2 aromatic rings. The van der Waals surface area contributed by atoms with E-state index in [0.717, 1.165) is 27.0 Å². The number of thioether (sulfide) groups is 1. The van der Waals surface area contributed by atoms with E-state index in [1.54, 1.807) is 18.0 Å². The Hall–Kier alpha value is -1.23. The minimum atomic E-state index is 0.194. The summed E-state index contributed by atoms with van der Waals surface area (Å²) in [7, 11) is 1.95. The summed E-state index contributed by atoms with van der Waals surface area (Å²) in [6.45, 7) is 2.61. The lowest BCUT2D eigenvalue weighted by Gasteiger charge is -2.17. The molecule has 0 saturated carbocycles. The normalized spacial score (nSPS) is 12.1. The molecule has 21 heavy (non-hydrogen) atoms. The van der Waals surface area contributed by atoms with E-state index in [2.05, 4.69) is 10.3 Å². The first kappa shape index (κ1) is 16.1. The van der Waals surface area contributed by atoms with E-state index in [1.165, 1.54) is 0 Å². The molecule has 0 aliphatic rings. The lowest BCUT2D eigenvalue weighted by Crippen LogP contribution is -2.19. The van der Waals surface area contributed by atoms with Gasteiger partial charge in [-0.15, -0.1) is 11.8 Å². The fourth-order valence-electron chi connectivity index (χ4n) is 1.95. The van der Waals surface area contributed by atoms with Gasteiger partial charge < -0.3 is 10.1 Å². The van der Waals surface area contributed by atoms with Crippen LogP contribution in [-0.2, 0) is 0 Å². The highest BCUT2D eigenvalue weighted by molar-refractivity contribution is 7.99. The smallest absolute Gasteiger partial charge is 0.137 e. The largest absolute Gasteiger partial charge is 0.492 e. The van der Waals surface area contributed by atoms with Crippen molar-refractivity contribution < 1.29 is 4.74 Å². The van der Waals surface area contributed by atoms with Gasteiger partial charge in [-0.1, -0.05) is 23.7 Å². The van der Waals surface area contributed by atoms with Crippen LogP contribution >= 0.6 is 23.4 Å². The quantitative estimate of drug-likeness (QED) is 0.775. The number of benzene rings is 1. The first-order valence-electron chi connectivity index (χ1n) is 6.87. The highest BCUT2D eigenvalue weighted by Crippen LogP contribution is 2.30. The molecule has 0 saturated heterocycles. The molecule has 5 heteroatoms.